The predicted molar refractivity (Wildman–Crippen MR) is 263 cm³/mol. The lowest BCUT2D eigenvalue weighted by Gasteiger charge is -2.19. The molecular formula is C52H46Br2N10O4. The summed E-state index contributed by atoms with van der Waals surface area (Å²) in [6, 6.07) is 28.2. The Kier molecular flexibility index (Phi) is 15.9. The Morgan fingerprint density at radius 3 is 1.38 bits per heavy atom. The first-order valence-corrected chi connectivity index (χ1v) is 23.2. The minimum atomic E-state index is 0.224. The van der Waals surface area contributed by atoms with Crippen molar-refractivity contribution < 1.29 is 18.9 Å². The quantitative estimate of drug-likeness (QED) is 0.0533. The van der Waals surface area contributed by atoms with Crippen molar-refractivity contribution in [3.8, 4) is 46.3 Å². The molecule has 0 spiro atoms. The molecule has 16 heteroatoms. The van der Waals surface area contributed by atoms with Gasteiger partial charge in [-0.3, -0.25) is 9.97 Å². The van der Waals surface area contributed by atoms with Crippen LogP contribution in [0.1, 0.15) is 67.3 Å². The summed E-state index contributed by atoms with van der Waals surface area (Å²) in [7, 11) is 0. The van der Waals surface area contributed by atoms with Gasteiger partial charge in [-0.2, -0.15) is 10.5 Å². The Bertz CT molecular complexity index is 2870. The highest BCUT2D eigenvalue weighted by Gasteiger charge is 2.17. The fraction of sp³-hybridized carbons (Fsp3) is 0.192. The van der Waals surface area contributed by atoms with Crippen LogP contribution in [0.4, 0.5) is 0 Å². The zero-order chi connectivity index (χ0) is 47.2. The average molecular weight is 1030 g/mol. The second kappa shape index (κ2) is 22.9. The molecule has 0 unspecified atom stereocenters. The molecule has 0 amide bonds. The van der Waals surface area contributed by atoms with Gasteiger partial charge in [-0.05, 0) is 103 Å². The highest BCUT2D eigenvalue weighted by atomic mass is 79.9. The number of aromatic amines is 2. The molecular weight excluding hydrogens is 988 g/mol. The maximum absolute atomic E-state index is 9.40. The van der Waals surface area contributed by atoms with Crippen LogP contribution in [-0.2, 0) is 52.6 Å². The number of nitrogens with one attached hydrogen (secondary N) is 4. The second-order valence-corrected chi connectivity index (χ2v) is 17.5. The summed E-state index contributed by atoms with van der Waals surface area (Å²) in [6.45, 7) is 7.45. The summed E-state index contributed by atoms with van der Waals surface area (Å²) < 4.78 is 27.3. The van der Waals surface area contributed by atoms with Crippen LogP contribution in [0.2, 0.25) is 0 Å². The number of rotatable bonds is 21. The molecule has 4 aromatic carbocycles. The van der Waals surface area contributed by atoms with Crippen molar-refractivity contribution in [2.75, 3.05) is 0 Å². The summed E-state index contributed by atoms with van der Waals surface area (Å²) >= 11 is 7.51. The molecule has 0 aliphatic carbocycles. The Hall–Kier alpha value is -7.34. The van der Waals surface area contributed by atoms with Crippen LogP contribution in [0, 0.1) is 36.5 Å². The SMILES string of the molecule is Cc1c(COc2cc(OCc3cncc(C#N)c3)c(CNCc3ncc[nH]3)cc2Br)cccc1-c1cccc(COc2cc(OCc3cncc(C#N)c3)c(CNCc3ncc[nH]3)cc2Br)c1C. The van der Waals surface area contributed by atoms with E-state index in [9.17, 15) is 10.5 Å². The Labute approximate surface area is 411 Å². The molecule has 4 aromatic heterocycles. The number of H-pyrrole nitrogens is 2. The largest absolute Gasteiger partial charge is 0.488 e. The van der Waals surface area contributed by atoms with Crippen LogP contribution in [0.15, 0.2) is 131 Å². The van der Waals surface area contributed by atoms with Crippen LogP contribution >= 0.6 is 31.9 Å². The first-order valence-electron chi connectivity index (χ1n) is 21.6. The summed E-state index contributed by atoms with van der Waals surface area (Å²) in [6.07, 6.45) is 13.5. The lowest BCUT2D eigenvalue weighted by Crippen LogP contribution is -2.15. The monoisotopic (exact) mass is 1030 g/mol. The molecule has 4 heterocycles. The number of benzene rings is 4. The molecule has 0 saturated carbocycles. The van der Waals surface area contributed by atoms with E-state index in [1.54, 1.807) is 49.3 Å². The van der Waals surface area contributed by atoms with Crippen molar-refractivity contribution in [3.05, 3.63) is 199 Å². The molecule has 342 valence electrons. The fourth-order valence-corrected chi connectivity index (χ4v) is 8.50. The topological polar surface area (TPSA) is 192 Å². The number of hydrogen-bond donors (Lipinski definition) is 4. The number of halogens is 2. The summed E-state index contributed by atoms with van der Waals surface area (Å²) in [4.78, 5) is 23.2. The molecule has 0 radical (unpaired) electrons. The fourth-order valence-electron chi connectivity index (χ4n) is 7.49. The van der Waals surface area contributed by atoms with Crippen molar-refractivity contribution in [1.82, 2.24) is 40.5 Å². The molecule has 0 aliphatic rings. The van der Waals surface area contributed by atoms with E-state index >= 15 is 0 Å². The van der Waals surface area contributed by atoms with Gasteiger partial charge in [0.1, 0.15) is 73.2 Å². The van der Waals surface area contributed by atoms with Gasteiger partial charge in [0.05, 0.1) is 33.2 Å². The molecule has 8 rings (SSSR count). The number of nitriles is 2. The van der Waals surface area contributed by atoms with Crippen LogP contribution < -0.4 is 29.6 Å². The van der Waals surface area contributed by atoms with Crippen LogP contribution in [0.5, 0.6) is 23.0 Å². The Morgan fingerprint density at radius 1 is 0.529 bits per heavy atom. The molecule has 0 aliphatic heterocycles. The van der Waals surface area contributed by atoms with Gasteiger partial charge in [0.25, 0.3) is 0 Å². The number of aromatic nitrogens is 6. The van der Waals surface area contributed by atoms with Crippen LogP contribution in [0.3, 0.4) is 0 Å². The molecule has 0 bridgehead atoms. The molecule has 0 atom stereocenters. The zero-order valence-corrected chi connectivity index (χ0v) is 40.4. The van der Waals surface area contributed by atoms with Gasteiger partial charge < -0.3 is 39.5 Å². The molecule has 8 aromatic rings. The predicted octanol–water partition coefficient (Wildman–Crippen LogP) is 10.4. The molecule has 0 fully saturated rings. The van der Waals surface area contributed by atoms with Crippen molar-refractivity contribution in [2.45, 2.75) is 66.5 Å². The first-order chi connectivity index (χ1) is 33.2. The highest BCUT2D eigenvalue weighted by molar-refractivity contribution is 9.11. The van der Waals surface area contributed by atoms with Crippen LogP contribution in [-0.4, -0.2) is 29.9 Å². The minimum absolute atomic E-state index is 0.224. The number of ether oxygens (including phenoxy) is 4. The van der Waals surface area contributed by atoms with Crippen molar-refractivity contribution in [1.29, 1.82) is 10.5 Å². The van der Waals surface area contributed by atoms with E-state index in [0.717, 1.165) is 76.2 Å². The Balaban J connectivity index is 0.973. The lowest BCUT2D eigenvalue weighted by molar-refractivity contribution is 0.285. The molecule has 68 heavy (non-hydrogen) atoms. The zero-order valence-electron chi connectivity index (χ0n) is 37.3. The summed E-state index contributed by atoms with van der Waals surface area (Å²) in [5.41, 5.74) is 10.8. The minimum Gasteiger partial charge on any atom is -0.488 e. The number of pyridine rings is 2. The standard InChI is InChI=1S/C52H46Br2N10O4/c1-33-39(31-67-49-17-47(65-29-37-13-35(19-55)21-57-23-37)41(15-45(49)53)25-59-27-51-61-9-10-62-51)5-3-7-43(33)44-8-4-6-40(34(44)2)32-68-50-18-48(66-30-38-14-36(20-56)22-58-24-38)42(16-46(50)54)26-60-28-52-63-11-12-64-52/h3-18,21-24,59-60H,25-32H2,1-2H3,(H,61,62)(H,63,64). The number of hydrogen-bond acceptors (Lipinski definition) is 12. The van der Waals surface area contributed by atoms with E-state index in [1.165, 1.54) is 12.4 Å². The van der Waals surface area contributed by atoms with Gasteiger partial charge in [0.15, 0.2) is 0 Å². The summed E-state index contributed by atoms with van der Waals surface area (Å²) in [5, 5.41) is 25.7. The third-order valence-electron chi connectivity index (χ3n) is 11.1. The maximum Gasteiger partial charge on any atom is 0.137 e. The van der Waals surface area contributed by atoms with E-state index in [0.29, 0.717) is 73.5 Å². The van der Waals surface area contributed by atoms with Gasteiger partial charge in [-0.1, -0.05) is 36.4 Å². The number of imidazole rings is 2. The average Bonchev–Trinajstić information content (AvgIpc) is 4.09. The van der Waals surface area contributed by atoms with Crippen molar-refractivity contribution in [3.63, 3.8) is 0 Å². The highest BCUT2D eigenvalue weighted by Crippen LogP contribution is 2.37. The molecule has 0 saturated heterocycles. The van der Waals surface area contributed by atoms with Crippen molar-refractivity contribution >= 4 is 31.9 Å². The van der Waals surface area contributed by atoms with E-state index in [1.807, 2.05) is 24.3 Å². The lowest BCUT2D eigenvalue weighted by atomic mass is 9.92. The maximum atomic E-state index is 9.40. The third kappa shape index (κ3) is 12.2. The van der Waals surface area contributed by atoms with Crippen molar-refractivity contribution in [2.24, 2.45) is 0 Å². The van der Waals surface area contributed by atoms with Gasteiger partial charge in [0.2, 0.25) is 0 Å². The van der Waals surface area contributed by atoms with Gasteiger partial charge >= 0.3 is 0 Å². The van der Waals surface area contributed by atoms with E-state index < -0.39 is 0 Å². The Morgan fingerprint density at radius 2 is 0.971 bits per heavy atom. The third-order valence-corrected chi connectivity index (χ3v) is 12.4. The normalized spacial score (nSPS) is 10.9. The molecule has 14 nitrogen and oxygen atoms in total. The van der Waals surface area contributed by atoms with E-state index in [4.69, 9.17) is 18.9 Å². The van der Waals surface area contributed by atoms with E-state index in [-0.39, 0.29) is 13.2 Å². The van der Waals surface area contributed by atoms with Crippen LogP contribution in [0.25, 0.3) is 11.1 Å². The second-order valence-electron chi connectivity index (χ2n) is 15.8. The smallest absolute Gasteiger partial charge is 0.137 e. The summed E-state index contributed by atoms with van der Waals surface area (Å²) in [5.74, 6) is 4.19. The van der Waals surface area contributed by atoms with Gasteiger partial charge in [-0.15, -0.1) is 0 Å². The number of nitrogens with zero attached hydrogens (tertiary/aromatic N) is 6. The van der Waals surface area contributed by atoms with Gasteiger partial charge in [0, 0.05) is 97.1 Å². The molecule has 4 N–H and O–H groups in total. The van der Waals surface area contributed by atoms with E-state index in [2.05, 4.69) is 135 Å². The first kappa shape index (κ1) is 47.2. The van der Waals surface area contributed by atoms with Gasteiger partial charge in [-0.25, -0.2) is 9.97 Å².